The molecule has 0 saturated heterocycles. The van der Waals surface area contributed by atoms with Gasteiger partial charge < -0.3 is 42.6 Å². The number of carbonyl (C=O) groups is 3. The van der Waals surface area contributed by atoms with Gasteiger partial charge in [0.1, 0.15) is 34.5 Å². The maximum absolute atomic E-state index is 17.2. The van der Waals surface area contributed by atoms with Crippen molar-refractivity contribution in [2.45, 2.75) is 56.8 Å². The lowest BCUT2D eigenvalue weighted by molar-refractivity contribution is -0.173. The maximum atomic E-state index is 17.2. The highest BCUT2D eigenvalue weighted by Gasteiger charge is 2.53. The fourth-order valence-corrected chi connectivity index (χ4v) is 7.86. The third-order valence-corrected chi connectivity index (χ3v) is 11.2. The van der Waals surface area contributed by atoms with Crippen LogP contribution in [0, 0.1) is 0 Å². The summed E-state index contributed by atoms with van der Waals surface area (Å²) < 4.78 is 143. The number of halogens is 6. The van der Waals surface area contributed by atoms with Gasteiger partial charge in [-0.2, -0.15) is 26.3 Å². The molecule has 0 N–H and O–H groups in total. The van der Waals surface area contributed by atoms with Gasteiger partial charge in [0.05, 0.1) is 68.4 Å². The molecule has 0 amide bonds. The van der Waals surface area contributed by atoms with Crippen LogP contribution in [0.3, 0.4) is 0 Å². The van der Waals surface area contributed by atoms with Crippen LogP contribution >= 0.6 is 0 Å². The Morgan fingerprint density at radius 1 is 0.464 bits per heavy atom. The second kappa shape index (κ2) is 22.3. The van der Waals surface area contributed by atoms with E-state index in [4.69, 9.17) is 33.2 Å². The van der Waals surface area contributed by atoms with Gasteiger partial charge in [-0.15, -0.1) is 0 Å². The summed E-state index contributed by atoms with van der Waals surface area (Å²) in [6, 6.07) is 19.9. The molecule has 0 fully saturated rings. The number of alkyl halides is 6. The Balaban J connectivity index is 1.75. The Kier molecular flexibility index (Phi) is 17.1. The molecule has 0 aromatic heterocycles. The topological polar surface area (TPSA) is 134 Å². The summed E-state index contributed by atoms with van der Waals surface area (Å²) in [5.74, 6) is -20.5. The average Bonchev–Trinajstić information content (AvgIpc) is 3.34. The highest BCUT2D eigenvalue weighted by molar-refractivity contribution is 5.82. The van der Waals surface area contributed by atoms with E-state index in [9.17, 15) is 23.2 Å². The van der Waals surface area contributed by atoms with Crippen molar-refractivity contribution in [1.82, 2.24) is 0 Å². The molecule has 370 valence electrons. The number of rotatable bonds is 22. The minimum Gasteiger partial charge on any atom is -0.497 e. The first-order valence-electron chi connectivity index (χ1n) is 21.4. The smallest absolute Gasteiger partial charge is 0.381 e. The predicted octanol–water partition coefficient (Wildman–Crippen LogP) is 10.1. The Morgan fingerprint density at radius 2 is 0.884 bits per heavy atom. The van der Waals surface area contributed by atoms with Crippen LogP contribution in [0.4, 0.5) is 26.3 Å². The maximum Gasteiger partial charge on any atom is 0.381 e. The van der Waals surface area contributed by atoms with E-state index in [2.05, 4.69) is 9.47 Å². The SMILES string of the molecule is CCOC(=O)C(F)(F)c1ccc(Cc2cc(OC)c(C(c3cc(OC)c(C(c4ccc(C(F)(F)C(=O)OCC)cc4)c4cc(OC)ccc4OC)cc3OC)C(F)(F)C(=O)OCC)cc2OC)cc1. The first-order valence-corrected chi connectivity index (χ1v) is 21.4. The van der Waals surface area contributed by atoms with Crippen molar-refractivity contribution in [2.75, 3.05) is 62.5 Å². The summed E-state index contributed by atoms with van der Waals surface area (Å²) in [6.07, 6.45) is 0.00637. The van der Waals surface area contributed by atoms with Gasteiger partial charge in [-0.1, -0.05) is 48.5 Å². The van der Waals surface area contributed by atoms with Crippen LogP contribution in [0.15, 0.2) is 91.0 Å². The molecule has 5 aromatic rings. The summed E-state index contributed by atoms with van der Waals surface area (Å²) in [5, 5.41) is 0. The van der Waals surface area contributed by atoms with Crippen LogP contribution in [0.1, 0.15) is 82.7 Å². The molecule has 2 atom stereocenters. The van der Waals surface area contributed by atoms with Gasteiger partial charge in [-0.3, -0.25) is 0 Å². The lowest BCUT2D eigenvalue weighted by Gasteiger charge is -2.31. The predicted molar refractivity (Wildman–Crippen MR) is 240 cm³/mol. The molecule has 0 aliphatic carbocycles. The second-order valence-corrected chi connectivity index (χ2v) is 15.1. The lowest BCUT2D eigenvalue weighted by Crippen LogP contribution is -2.38. The van der Waals surface area contributed by atoms with E-state index in [1.54, 1.807) is 18.2 Å². The Hall–Kier alpha value is -7.11. The molecule has 69 heavy (non-hydrogen) atoms. The number of esters is 3. The van der Waals surface area contributed by atoms with E-state index in [-0.39, 0.29) is 59.3 Å². The molecule has 0 heterocycles. The fraction of sp³-hybridized carbons (Fsp3) is 0.353. The van der Waals surface area contributed by atoms with Gasteiger partial charge in [-0.05, 0) is 74.4 Å². The molecule has 18 heteroatoms. The molecule has 0 radical (unpaired) electrons. The van der Waals surface area contributed by atoms with Crippen molar-refractivity contribution < 1.29 is 83.4 Å². The molecule has 0 spiro atoms. The number of ether oxygens (including phenoxy) is 9. The molecular formula is C51H52F6O12. The molecule has 0 aliphatic rings. The summed E-state index contributed by atoms with van der Waals surface area (Å²) in [5.41, 5.74) is 0.0114. The van der Waals surface area contributed by atoms with Crippen LogP contribution in [-0.4, -0.2) is 86.3 Å². The van der Waals surface area contributed by atoms with Gasteiger partial charge in [-0.25, -0.2) is 14.4 Å². The number of benzene rings is 5. The molecule has 5 aromatic carbocycles. The third kappa shape index (κ3) is 10.9. The molecule has 5 rings (SSSR count). The normalized spacial score (nSPS) is 12.6. The monoisotopic (exact) mass is 970 g/mol. The van der Waals surface area contributed by atoms with Gasteiger partial charge >= 0.3 is 35.7 Å². The molecule has 12 nitrogen and oxygen atoms in total. The quantitative estimate of drug-likeness (QED) is 0.0283. The average molecular weight is 971 g/mol. The van der Waals surface area contributed by atoms with Crippen LogP contribution in [0.2, 0.25) is 0 Å². The summed E-state index contributed by atoms with van der Waals surface area (Å²) >= 11 is 0. The standard InChI is InChI=1S/C51H52F6O12/c1-10-67-46(58)49(52,53)32-17-13-29(14-18-32)23-31-24-41(64-7)37(27-40(31)63-6)45(51(56,57)48(60)69-12-3)38-28-42(65-8)36(26-43(38)66-9)44(35-25-34(61-4)21-22-39(35)62-5)30-15-19-33(20-16-30)50(54,55)47(59)68-11-2/h13-22,24-28,44-45H,10-12,23H2,1-9H3. The van der Waals surface area contributed by atoms with Crippen LogP contribution < -0.4 is 28.4 Å². The van der Waals surface area contributed by atoms with Gasteiger partial charge in [0.2, 0.25) is 0 Å². The molecule has 0 aliphatic heterocycles. The minimum absolute atomic E-state index is 0.00637. The molecular weight excluding hydrogens is 919 g/mol. The number of hydrogen-bond donors (Lipinski definition) is 0. The van der Waals surface area contributed by atoms with Gasteiger partial charge in [0.15, 0.2) is 0 Å². The largest absolute Gasteiger partial charge is 0.497 e. The van der Waals surface area contributed by atoms with Crippen LogP contribution in [0.5, 0.6) is 34.5 Å². The third-order valence-electron chi connectivity index (χ3n) is 11.2. The van der Waals surface area contributed by atoms with Crippen molar-refractivity contribution in [3.8, 4) is 34.5 Å². The summed E-state index contributed by atoms with van der Waals surface area (Å²) in [7, 11) is 7.85. The zero-order valence-electron chi connectivity index (χ0n) is 39.3. The van der Waals surface area contributed by atoms with Crippen LogP contribution in [0.25, 0.3) is 0 Å². The van der Waals surface area contributed by atoms with E-state index < -0.39 is 65.2 Å². The molecule has 2 unspecified atom stereocenters. The minimum atomic E-state index is -4.36. The Morgan fingerprint density at radius 3 is 1.36 bits per heavy atom. The first-order chi connectivity index (χ1) is 32.8. The van der Waals surface area contributed by atoms with Gasteiger partial charge in [0, 0.05) is 51.3 Å². The van der Waals surface area contributed by atoms with Gasteiger partial charge in [0.25, 0.3) is 0 Å². The van der Waals surface area contributed by atoms with Crippen molar-refractivity contribution in [3.05, 3.63) is 141 Å². The van der Waals surface area contributed by atoms with Crippen LogP contribution in [-0.2, 0) is 46.9 Å². The van der Waals surface area contributed by atoms with Crippen molar-refractivity contribution in [2.24, 2.45) is 0 Å². The highest BCUT2D eigenvalue weighted by Crippen LogP contribution is 2.52. The second-order valence-electron chi connectivity index (χ2n) is 15.1. The lowest BCUT2D eigenvalue weighted by atomic mass is 9.79. The first kappa shape index (κ1) is 52.9. The number of hydrogen-bond acceptors (Lipinski definition) is 12. The van der Waals surface area contributed by atoms with E-state index >= 15 is 17.6 Å². The van der Waals surface area contributed by atoms with E-state index in [1.165, 1.54) is 112 Å². The molecule has 0 saturated carbocycles. The van der Waals surface area contributed by atoms with Crippen molar-refractivity contribution in [3.63, 3.8) is 0 Å². The zero-order valence-corrected chi connectivity index (χ0v) is 39.3. The summed E-state index contributed by atoms with van der Waals surface area (Å²) in [6.45, 7) is 3.25. The zero-order chi connectivity index (χ0) is 50.8. The Bertz CT molecular complexity index is 2600. The Labute approximate surface area is 395 Å². The van der Waals surface area contributed by atoms with E-state index in [0.29, 0.717) is 33.8 Å². The van der Waals surface area contributed by atoms with E-state index in [0.717, 1.165) is 24.3 Å². The summed E-state index contributed by atoms with van der Waals surface area (Å²) in [4.78, 5) is 37.6. The number of methoxy groups -OCH3 is 6. The van der Waals surface area contributed by atoms with Crippen molar-refractivity contribution >= 4 is 17.9 Å². The highest BCUT2D eigenvalue weighted by atomic mass is 19.3. The van der Waals surface area contributed by atoms with E-state index in [1.807, 2.05) is 0 Å². The van der Waals surface area contributed by atoms with Crippen molar-refractivity contribution in [1.29, 1.82) is 0 Å². The molecule has 0 bridgehead atoms. The number of carbonyl (C=O) groups excluding carboxylic acids is 3. The fourth-order valence-electron chi connectivity index (χ4n) is 7.86.